The number of ether oxygens (including phenoxy) is 2. The van der Waals surface area contributed by atoms with Gasteiger partial charge in [0.2, 0.25) is 0 Å². The summed E-state index contributed by atoms with van der Waals surface area (Å²) in [6.45, 7) is 8.10. The van der Waals surface area contributed by atoms with E-state index in [1.54, 1.807) is 25.1 Å². The number of rotatable bonds is 12. The lowest BCUT2D eigenvalue weighted by Gasteiger charge is -2.32. The molecule has 0 unspecified atom stereocenters. The normalized spacial score (nSPS) is 14.5. The first-order valence-corrected chi connectivity index (χ1v) is 15.8. The van der Waals surface area contributed by atoms with Crippen LogP contribution in [0.2, 0.25) is 0 Å². The molecule has 0 radical (unpaired) electrons. The zero-order valence-electron chi connectivity index (χ0n) is 25.5. The van der Waals surface area contributed by atoms with Gasteiger partial charge in [0.15, 0.2) is 29.3 Å². The van der Waals surface area contributed by atoms with Gasteiger partial charge in [0.1, 0.15) is 12.4 Å². The van der Waals surface area contributed by atoms with Gasteiger partial charge in [-0.25, -0.2) is 9.40 Å². The molecule has 0 bridgehead atoms. The van der Waals surface area contributed by atoms with Crippen LogP contribution in [0, 0.1) is 12.7 Å². The average molecular weight is 659 g/mol. The lowest BCUT2D eigenvalue weighted by molar-refractivity contribution is -0.111. The highest BCUT2D eigenvalue weighted by Gasteiger charge is 2.40. The van der Waals surface area contributed by atoms with Gasteiger partial charge in [-0.1, -0.05) is 61.4 Å². The maximum Gasteiger partial charge on any atom is 0.198 e. The highest BCUT2D eigenvalue weighted by atomic mass is 79.9. The molecule has 1 heterocycles. The molecule has 0 spiro atoms. The fourth-order valence-corrected chi connectivity index (χ4v) is 5.80. The Balaban J connectivity index is 1.60. The van der Waals surface area contributed by atoms with E-state index < -0.39 is 6.17 Å². The summed E-state index contributed by atoms with van der Waals surface area (Å²) in [5.41, 5.74) is 5.34. The molecule has 1 atom stereocenters. The Morgan fingerprint density at radius 1 is 0.955 bits per heavy atom. The van der Waals surface area contributed by atoms with Gasteiger partial charge in [0.25, 0.3) is 0 Å². The van der Waals surface area contributed by atoms with E-state index in [0.717, 1.165) is 41.8 Å². The van der Waals surface area contributed by atoms with Crippen LogP contribution in [0.15, 0.2) is 94.5 Å². The molecule has 0 saturated heterocycles. The van der Waals surface area contributed by atoms with Gasteiger partial charge >= 0.3 is 0 Å². The van der Waals surface area contributed by atoms with Gasteiger partial charge in [0, 0.05) is 23.7 Å². The van der Waals surface area contributed by atoms with E-state index >= 15 is 0 Å². The van der Waals surface area contributed by atoms with E-state index in [-0.39, 0.29) is 18.2 Å². The lowest BCUT2D eigenvalue weighted by Crippen LogP contribution is -2.37. The summed E-state index contributed by atoms with van der Waals surface area (Å²) in [5.74, 6) is 0.837. The third-order valence-electron chi connectivity index (χ3n) is 7.51. The van der Waals surface area contributed by atoms with Crippen molar-refractivity contribution >= 4 is 38.9 Å². The third-order valence-corrected chi connectivity index (χ3v) is 8.10. The van der Waals surface area contributed by atoms with Crippen molar-refractivity contribution in [2.24, 2.45) is 5.10 Å². The Hall–Kier alpha value is -4.17. The van der Waals surface area contributed by atoms with E-state index in [2.05, 4.69) is 47.1 Å². The number of Topliss-reactive ketones (excluding diaryl/α,β-unsaturated/α-hetero) is 1. The summed E-state index contributed by atoms with van der Waals surface area (Å²) in [4.78, 5) is 15.1. The predicted molar refractivity (Wildman–Crippen MR) is 178 cm³/mol. The fourth-order valence-electron chi connectivity index (χ4n) is 5.23. The second-order valence-corrected chi connectivity index (χ2v) is 11.7. The zero-order valence-corrected chi connectivity index (χ0v) is 27.1. The number of hydrogen-bond acceptors (Lipinski definition) is 6. The quantitative estimate of drug-likeness (QED) is 0.152. The first kappa shape index (κ1) is 31.3. The molecule has 5 rings (SSSR count). The molecule has 0 N–H and O–H groups in total. The molecular formula is C36H37BrFN3O3. The van der Waals surface area contributed by atoms with Gasteiger partial charge in [-0.15, -0.1) is 5.10 Å². The number of ketones is 1. The van der Waals surface area contributed by atoms with Crippen molar-refractivity contribution in [3.05, 3.63) is 117 Å². The number of carbonyl (C=O) groups is 1. The number of halogens is 2. The van der Waals surface area contributed by atoms with E-state index in [1.165, 1.54) is 11.6 Å². The van der Waals surface area contributed by atoms with Crippen LogP contribution in [0.25, 0.3) is 0 Å². The molecule has 0 fully saturated rings. The highest BCUT2D eigenvalue weighted by Crippen LogP contribution is 2.45. The first-order valence-electron chi connectivity index (χ1n) is 15.0. The molecule has 6 nitrogen and oxygen atoms in total. The molecule has 1 aliphatic heterocycles. The molecule has 8 heteroatoms. The second-order valence-electron chi connectivity index (χ2n) is 10.8. The third kappa shape index (κ3) is 6.81. The zero-order chi connectivity index (χ0) is 31.2. The molecule has 0 saturated carbocycles. The molecular weight excluding hydrogens is 621 g/mol. The Morgan fingerprint density at radius 2 is 1.66 bits per heavy atom. The molecule has 0 aliphatic carbocycles. The van der Waals surface area contributed by atoms with E-state index in [4.69, 9.17) is 14.6 Å². The number of benzene rings is 4. The minimum atomic E-state index is -0.505. The molecule has 4 aromatic carbocycles. The van der Waals surface area contributed by atoms with Crippen LogP contribution >= 0.6 is 15.9 Å². The Labute approximate surface area is 267 Å². The maximum absolute atomic E-state index is 14.4. The topological polar surface area (TPSA) is 54.4 Å². The van der Waals surface area contributed by atoms with Crippen LogP contribution in [-0.4, -0.2) is 18.2 Å². The molecule has 0 aromatic heterocycles. The second kappa shape index (κ2) is 14.1. The minimum Gasteiger partial charge on any atom is -0.490 e. The predicted octanol–water partition coefficient (Wildman–Crippen LogP) is 9.14. The molecule has 1 aliphatic rings. The van der Waals surface area contributed by atoms with E-state index in [9.17, 15) is 9.18 Å². The Bertz CT molecular complexity index is 1640. The minimum absolute atomic E-state index is 0.0394. The lowest BCUT2D eigenvalue weighted by atomic mass is 10.1. The maximum atomic E-state index is 14.4. The molecule has 228 valence electrons. The number of nitrogens with zero attached hydrogens (tertiary/aromatic N) is 3. The van der Waals surface area contributed by atoms with E-state index in [0.29, 0.717) is 34.0 Å². The van der Waals surface area contributed by atoms with Crippen molar-refractivity contribution in [1.29, 1.82) is 0 Å². The Morgan fingerprint density at radius 3 is 2.32 bits per heavy atom. The summed E-state index contributed by atoms with van der Waals surface area (Å²) < 4.78 is 27.2. The van der Waals surface area contributed by atoms with Crippen molar-refractivity contribution in [1.82, 2.24) is 0 Å². The summed E-state index contributed by atoms with van der Waals surface area (Å²) in [6.07, 6.45) is 2.74. The highest BCUT2D eigenvalue weighted by molar-refractivity contribution is 9.10. The Kier molecular flexibility index (Phi) is 10.0. The van der Waals surface area contributed by atoms with Gasteiger partial charge in [-0.05, 0) is 90.6 Å². The van der Waals surface area contributed by atoms with Crippen LogP contribution in [-0.2, 0) is 17.8 Å². The van der Waals surface area contributed by atoms with Crippen molar-refractivity contribution in [3.8, 4) is 11.5 Å². The number of hydrazone groups is 1. The summed E-state index contributed by atoms with van der Waals surface area (Å²) >= 11 is 3.71. The first-order chi connectivity index (χ1) is 21.3. The van der Waals surface area contributed by atoms with Crippen LogP contribution in [0.4, 0.5) is 15.8 Å². The largest absolute Gasteiger partial charge is 0.490 e. The summed E-state index contributed by atoms with van der Waals surface area (Å²) in [6, 6.07) is 26.8. The van der Waals surface area contributed by atoms with Crippen molar-refractivity contribution in [2.45, 2.75) is 59.7 Å². The standard InChI is InChI=1S/C36H37BrFN3O3/c1-5-7-10-26-15-19-29(20-16-26)40-35(25(4)42)39-41(30-17-13-24(3)14-18-30)36(40)28-21-31(37)34(33(22-28)43-6-2)44-23-27-11-8-9-12-32(27)38/h8-9,11-22,36H,5-7,10,23H2,1-4H3/t36-/m1/s1. The van der Waals surface area contributed by atoms with Crippen molar-refractivity contribution in [3.63, 3.8) is 0 Å². The summed E-state index contributed by atoms with van der Waals surface area (Å²) in [7, 11) is 0. The van der Waals surface area contributed by atoms with Crippen LogP contribution < -0.4 is 19.4 Å². The number of hydrogen-bond donors (Lipinski definition) is 0. The molecule has 44 heavy (non-hydrogen) atoms. The fraction of sp³-hybridized carbons (Fsp3) is 0.278. The van der Waals surface area contributed by atoms with E-state index in [1.807, 2.05) is 60.2 Å². The smallest absolute Gasteiger partial charge is 0.198 e. The average Bonchev–Trinajstić information content (AvgIpc) is 3.42. The monoisotopic (exact) mass is 657 g/mol. The SMILES string of the molecule is CCCCc1ccc(N2C(C(C)=O)=NN(c3ccc(C)cc3)[C@@H]2c2cc(Br)c(OCc3ccccc3F)c(OCC)c2)cc1. The van der Waals surface area contributed by atoms with Gasteiger partial charge in [0.05, 0.1) is 16.8 Å². The number of anilines is 2. The van der Waals surface area contributed by atoms with Gasteiger partial charge in [-0.2, -0.15) is 0 Å². The molecule has 4 aromatic rings. The molecule has 0 amide bonds. The number of unbranched alkanes of at least 4 members (excludes halogenated alkanes) is 1. The van der Waals surface area contributed by atoms with Crippen LogP contribution in [0.5, 0.6) is 11.5 Å². The van der Waals surface area contributed by atoms with Crippen molar-refractivity contribution < 1.29 is 18.7 Å². The summed E-state index contributed by atoms with van der Waals surface area (Å²) in [5, 5.41) is 6.76. The number of aryl methyl sites for hydroxylation is 2. The number of carbonyl (C=O) groups excluding carboxylic acids is 1. The van der Waals surface area contributed by atoms with Crippen LogP contribution in [0.3, 0.4) is 0 Å². The van der Waals surface area contributed by atoms with Crippen molar-refractivity contribution in [2.75, 3.05) is 16.5 Å². The van der Waals surface area contributed by atoms with Crippen LogP contribution in [0.1, 0.15) is 62.0 Å². The van der Waals surface area contributed by atoms with Gasteiger partial charge < -0.3 is 9.47 Å². The number of amidine groups is 1. The van der Waals surface area contributed by atoms with Gasteiger partial charge in [-0.3, -0.25) is 9.69 Å².